The Hall–Kier alpha value is -0.240. The lowest BCUT2D eigenvalue weighted by Gasteiger charge is -2.44. The van der Waals surface area contributed by atoms with Gasteiger partial charge in [0.1, 0.15) is 24.4 Å². The molecule has 0 radical (unpaired) electrons. The lowest BCUT2D eigenvalue weighted by molar-refractivity contribution is -0.348. The Labute approximate surface area is 81.0 Å². The molecule has 2 saturated heterocycles. The van der Waals surface area contributed by atoms with Gasteiger partial charge in [-0.25, -0.2) is 0 Å². The van der Waals surface area contributed by atoms with Crippen LogP contribution in [0.3, 0.4) is 0 Å². The molecular weight excluding hydrogens is 192 g/mol. The van der Waals surface area contributed by atoms with Gasteiger partial charge >= 0.3 is 0 Å². The third-order valence-electron chi connectivity index (χ3n) is 2.50. The first kappa shape index (κ1) is 10.3. The molecule has 0 spiro atoms. The van der Waals surface area contributed by atoms with E-state index in [-0.39, 0.29) is 6.61 Å². The molecule has 2 unspecified atom stereocenters. The second-order valence-corrected chi connectivity index (χ2v) is 3.55. The number of fused-ring (bicyclic) bond motifs is 1. The average Bonchev–Trinajstić information content (AvgIpc) is 2.16. The predicted molar refractivity (Wildman–Crippen MR) is 43.2 cm³/mol. The van der Waals surface area contributed by atoms with E-state index >= 15 is 0 Å². The Bertz CT molecular complexity index is 208. The number of rotatable bonds is 0. The van der Waals surface area contributed by atoms with E-state index in [9.17, 15) is 15.3 Å². The molecule has 0 aliphatic carbocycles. The van der Waals surface area contributed by atoms with E-state index in [2.05, 4.69) is 0 Å². The summed E-state index contributed by atoms with van der Waals surface area (Å²) in [5.74, 6) is 0. The molecule has 2 heterocycles. The largest absolute Gasteiger partial charge is 0.387 e. The van der Waals surface area contributed by atoms with Crippen molar-refractivity contribution in [2.75, 3.05) is 6.61 Å². The molecule has 2 fully saturated rings. The summed E-state index contributed by atoms with van der Waals surface area (Å²) in [7, 11) is 0. The van der Waals surface area contributed by atoms with Crippen molar-refractivity contribution >= 4 is 0 Å². The third kappa shape index (κ3) is 1.65. The highest BCUT2D eigenvalue weighted by atomic mass is 16.7. The van der Waals surface area contributed by atoms with E-state index in [0.29, 0.717) is 0 Å². The summed E-state index contributed by atoms with van der Waals surface area (Å²) in [4.78, 5) is 0. The Morgan fingerprint density at radius 3 is 2.50 bits per heavy atom. The van der Waals surface area contributed by atoms with E-state index in [0.717, 1.165) is 0 Å². The Morgan fingerprint density at radius 2 is 1.79 bits per heavy atom. The molecule has 6 heteroatoms. The normalized spacial score (nSPS) is 54.0. The first-order valence-electron chi connectivity index (χ1n) is 4.56. The van der Waals surface area contributed by atoms with Crippen LogP contribution in [0.15, 0.2) is 0 Å². The first-order valence-corrected chi connectivity index (χ1v) is 4.56. The average molecular weight is 206 g/mol. The maximum Gasteiger partial charge on any atom is 0.184 e. The highest BCUT2D eigenvalue weighted by Crippen LogP contribution is 2.27. The number of ether oxygens (including phenoxy) is 3. The van der Waals surface area contributed by atoms with Gasteiger partial charge in [-0.05, 0) is 6.92 Å². The van der Waals surface area contributed by atoms with E-state index in [1.54, 1.807) is 6.92 Å². The molecule has 0 bridgehead atoms. The molecule has 6 atom stereocenters. The van der Waals surface area contributed by atoms with E-state index in [1.165, 1.54) is 0 Å². The molecule has 14 heavy (non-hydrogen) atoms. The van der Waals surface area contributed by atoms with Gasteiger partial charge in [-0.2, -0.15) is 0 Å². The molecule has 2 aliphatic rings. The fourth-order valence-corrected chi connectivity index (χ4v) is 1.71. The molecule has 3 N–H and O–H groups in total. The monoisotopic (exact) mass is 206 g/mol. The van der Waals surface area contributed by atoms with Crippen LogP contribution in [0.4, 0.5) is 0 Å². The third-order valence-corrected chi connectivity index (χ3v) is 2.50. The van der Waals surface area contributed by atoms with Gasteiger partial charge in [0.15, 0.2) is 12.6 Å². The van der Waals surface area contributed by atoms with Crippen LogP contribution in [0.1, 0.15) is 6.92 Å². The Morgan fingerprint density at radius 1 is 1.07 bits per heavy atom. The van der Waals surface area contributed by atoms with E-state index in [4.69, 9.17) is 14.2 Å². The fraction of sp³-hybridized carbons (Fsp3) is 1.00. The minimum absolute atomic E-state index is 0.243. The maximum absolute atomic E-state index is 9.59. The van der Waals surface area contributed by atoms with E-state index in [1.807, 2.05) is 0 Å². The Kier molecular flexibility index (Phi) is 2.74. The van der Waals surface area contributed by atoms with Crippen LogP contribution in [0, 0.1) is 0 Å². The number of hydrogen-bond donors (Lipinski definition) is 3. The molecule has 0 aromatic carbocycles. The summed E-state index contributed by atoms with van der Waals surface area (Å²) >= 11 is 0. The number of aliphatic hydroxyl groups is 3. The van der Waals surface area contributed by atoms with Crippen LogP contribution >= 0.6 is 0 Å². The van der Waals surface area contributed by atoms with Crippen LogP contribution in [0.5, 0.6) is 0 Å². The lowest BCUT2D eigenvalue weighted by Crippen LogP contribution is -2.62. The van der Waals surface area contributed by atoms with Crippen molar-refractivity contribution in [3.8, 4) is 0 Å². The van der Waals surface area contributed by atoms with Crippen molar-refractivity contribution in [2.24, 2.45) is 0 Å². The zero-order chi connectivity index (χ0) is 10.3. The van der Waals surface area contributed by atoms with E-state index < -0.39 is 37.0 Å². The van der Waals surface area contributed by atoms with Crippen LogP contribution in [0.25, 0.3) is 0 Å². The number of aliphatic hydroxyl groups excluding tert-OH is 3. The molecular formula is C8H14O6. The van der Waals surface area contributed by atoms with Crippen molar-refractivity contribution in [3.63, 3.8) is 0 Å². The van der Waals surface area contributed by atoms with Gasteiger partial charge in [0.25, 0.3) is 0 Å². The first-order chi connectivity index (χ1) is 6.59. The van der Waals surface area contributed by atoms with Gasteiger partial charge < -0.3 is 29.5 Å². The highest BCUT2D eigenvalue weighted by Gasteiger charge is 2.47. The summed E-state index contributed by atoms with van der Waals surface area (Å²) in [6, 6.07) is 0. The summed E-state index contributed by atoms with van der Waals surface area (Å²) in [5.41, 5.74) is 0. The van der Waals surface area contributed by atoms with Crippen molar-refractivity contribution in [2.45, 2.75) is 43.9 Å². The lowest BCUT2D eigenvalue weighted by atomic mass is 9.98. The standard InChI is InChI=1S/C8H14O6/c1-3-12-2-4-7(13-3)5(9)6(10)8(11)14-4/h3-11H,2H2,1H3/t3?,4-,5-,6-,7-,8?/m0/s1. The van der Waals surface area contributed by atoms with Gasteiger partial charge in [0, 0.05) is 0 Å². The minimum Gasteiger partial charge on any atom is -0.387 e. The molecule has 6 nitrogen and oxygen atoms in total. The van der Waals surface area contributed by atoms with Gasteiger partial charge in [0.2, 0.25) is 0 Å². The Balaban J connectivity index is 2.08. The second-order valence-electron chi connectivity index (χ2n) is 3.55. The van der Waals surface area contributed by atoms with Gasteiger partial charge in [0.05, 0.1) is 6.61 Å². The minimum atomic E-state index is -1.38. The van der Waals surface area contributed by atoms with Crippen molar-refractivity contribution in [1.82, 2.24) is 0 Å². The van der Waals surface area contributed by atoms with Crippen LogP contribution < -0.4 is 0 Å². The van der Waals surface area contributed by atoms with Gasteiger partial charge in [-0.3, -0.25) is 0 Å². The molecule has 0 amide bonds. The molecule has 82 valence electrons. The zero-order valence-corrected chi connectivity index (χ0v) is 7.74. The van der Waals surface area contributed by atoms with Crippen molar-refractivity contribution in [1.29, 1.82) is 0 Å². The van der Waals surface area contributed by atoms with Crippen LogP contribution in [-0.2, 0) is 14.2 Å². The summed E-state index contributed by atoms with van der Waals surface area (Å²) in [6.07, 6.45) is -5.46. The number of hydrogen-bond acceptors (Lipinski definition) is 6. The smallest absolute Gasteiger partial charge is 0.184 e. The van der Waals surface area contributed by atoms with Crippen LogP contribution in [-0.4, -0.2) is 58.9 Å². The highest BCUT2D eigenvalue weighted by molar-refractivity contribution is 4.91. The fourth-order valence-electron chi connectivity index (χ4n) is 1.71. The topological polar surface area (TPSA) is 88.4 Å². The molecule has 2 aliphatic heterocycles. The van der Waals surface area contributed by atoms with Crippen molar-refractivity contribution < 1.29 is 29.5 Å². The molecule has 0 aromatic heterocycles. The molecule has 0 saturated carbocycles. The SMILES string of the molecule is CC1OC[C@@H]2OC(O)[C@@H](O)[C@H](O)[C@H]2O1. The van der Waals surface area contributed by atoms with Crippen molar-refractivity contribution in [3.05, 3.63) is 0 Å². The van der Waals surface area contributed by atoms with Gasteiger partial charge in [-0.15, -0.1) is 0 Å². The maximum atomic E-state index is 9.59. The predicted octanol–water partition coefficient (Wildman–Crippen LogP) is -1.81. The summed E-state index contributed by atoms with van der Waals surface area (Å²) in [6.45, 7) is 1.94. The molecule has 0 aromatic rings. The quantitative estimate of drug-likeness (QED) is 0.433. The van der Waals surface area contributed by atoms with Crippen LogP contribution in [0.2, 0.25) is 0 Å². The second kappa shape index (κ2) is 3.73. The molecule has 2 rings (SSSR count). The summed E-state index contributed by atoms with van der Waals surface area (Å²) < 4.78 is 15.4. The zero-order valence-electron chi connectivity index (χ0n) is 7.74. The summed E-state index contributed by atoms with van der Waals surface area (Å²) in [5, 5.41) is 28.1. The van der Waals surface area contributed by atoms with Gasteiger partial charge in [-0.1, -0.05) is 0 Å².